The number of unbranched alkanes of at least 4 members (excludes halogenated alkanes) is 3. The van der Waals surface area contributed by atoms with Crippen molar-refractivity contribution in [1.82, 2.24) is 4.98 Å². The van der Waals surface area contributed by atoms with Gasteiger partial charge < -0.3 is 4.74 Å². The zero-order chi connectivity index (χ0) is 15.6. The van der Waals surface area contributed by atoms with Crippen molar-refractivity contribution in [2.45, 2.75) is 84.0 Å². The SMILES string of the molecule is CCCCC(CCCC)(CCCC)c1cccnc1OC. The Morgan fingerprint density at radius 3 is 1.90 bits per heavy atom. The summed E-state index contributed by atoms with van der Waals surface area (Å²) in [5, 5.41) is 0. The van der Waals surface area contributed by atoms with E-state index in [1.54, 1.807) is 7.11 Å². The quantitative estimate of drug-likeness (QED) is 0.506. The van der Waals surface area contributed by atoms with E-state index >= 15 is 0 Å². The van der Waals surface area contributed by atoms with E-state index in [2.05, 4.69) is 37.9 Å². The largest absolute Gasteiger partial charge is 0.481 e. The molecule has 2 heteroatoms. The van der Waals surface area contributed by atoms with Crippen LogP contribution in [0.5, 0.6) is 5.88 Å². The van der Waals surface area contributed by atoms with Gasteiger partial charge in [0.2, 0.25) is 5.88 Å². The highest BCUT2D eigenvalue weighted by Gasteiger charge is 2.33. The van der Waals surface area contributed by atoms with Crippen molar-refractivity contribution in [3.63, 3.8) is 0 Å². The summed E-state index contributed by atoms with van der Waals surface area (Å²) in [5.41, 5.74) is 1.59. The highest BCUT2D eigenvalue weighted by Crippen LogP contribution is 2.43. The molecule has 0 atom stereocenters. The molecule has 0 aliphatic rings. The summed E-state index contributed by atoms with van der Waals surface area (Å²) in [6, 6.07) is 4.31. The average Bonchev–Trinajstić information content (AvgIpc) is 2.54. The molecular formula is C19H33NO. The van der Waals surface area contributed by atoms with Crippen LogP contribution < -0.4 is 4.74 Å². The summed E-state index contributed by atoms with van der Waals surface area (Å²) in [7, 11) is 1.75. The van der Waals surface area contributed by atoms with E-state index in [0.717, 1.165) is 5.88 Å². The monoisotopic (exact) mass is 291 g/mol. The van der Waals surface area contributed by atoms with E-state index in [-0.39, 0.29) is 5.41 Å². The van der Waals surface area contributed by atoms with Crippen molar-refractivity contribution in [1.29, 1.82) is 0 Å². The lowest BCUT2D eigenvalue weighted by Crippen LogP contribution is -2.27. The molecule has 0 bridgehead atoms. The van der Waals surface area contributed by atoms with E-state index in [9.17, 15) is 0 Å². The van der Waals surface area contributed by atoms with Gasteiger partial charge in [0.15, 0.2) is 0 Å². The third-order valence-electron chi connectivity index (χ3n) is 4.56. The van der Waals surface area contributed by atoms with E-state index in [1.807, 2.05) is 6.20 Å². The van der Waals surface area contributed by atoms with Gasteiger partial charge in [0.1, 0.15) is 0 Å². The number of nitrogens with zero attached hydrogens (tertiary/aromatic N) is 1. The number of aromatic nitrogens is 1. The number of ether oxygens (including phenoxy) is 1. The number of pyridine rings is 1. The topological polar surface area (TPSA) is 22.1 Å². The second-order valence-corrected chi connectivity index (χ2v) is 6.15. The highest BCUT2D eigenvalue weighted by atomic mass is 16.5. The van der Waals surface area contributed by atoms with Crippen LogP contribution in [-0.4, -0.2) is 12.1 Å². The van der Waals surface area contributed by atoms with Gasteiger partial charge in [-0.3, -0.25) is 0 Å². The minimum Gasteiger partial charge on any atom is -0.481 e. The first-order valence-electron chi connectivity index (χ1n) is 8.73. The van der Waals surface area contributed by atoms with Gasteiger partial charge in [-0.2, -0.15) is 0 Å². The maximum Gasteiger partial charge on any atom is 0.216 e. The summed E-state index contributed by atoms with van der Waals surface area (Å²) in [6.07, 6.45) is 13.2. The lowest BCUT2D eigenvalue weighted by molar-refractivity contribution is 0.290. The lowest BCUT2D eigenvalue weighted by atomic mass is 9.69. The molecular weight excluding hydrogens is 258 g/mol. The first-order chi connectivity index (χ1) is 10.2. The smallest absolute Gasteiger partial charge is 0.216 e. The molecule has 0 N–H and O–H groups in total. The Labute approximate surface area is 131 Å². The Morgan fingerprint density at radius 1 is 0.952 bits per heavy atom. The zero-order valence-corrected chi connectivity index (χ0v) is 14.5. The van der Waals surface area contributed by atoms with Crippen LogP contribution in [0.1, 0.15) is 84.1 Å². The van der Waals surface area contributed by atoms with Gasteiger partial charge in [-0.1, -0.05) is 65.4 Å². The molecule has 1 rings (SSSR count). The zero-order valence-electron chi connectivity index (χ0n) is 14.5. The molecule has 0 aromatic carbocycles. The van der Waals surface area contributed by atoms with Crippen LogP contribution in [0.25, 0.3) is 0 Å². The molecule has 0 saturated carbocycles. The van der Waals surface area contributed by atoms with Gasteiger partial charge in [-0.15, -0.1) is 0 Å². The van der Waals surface area contributed by atoms with Crippen LogP contribution in [-0.2, 0) is 5.41 Å². The van der Waals surface area contributed by atoms with E-state index in [4.69, 9.17) is 4.74 Å². The number of hydrogen-bond donors (Lipinski definition) is 0. The van der Waals surface area contributed by atoms with Gasteiger partial charge in [-0.25, -0.2) is 4.98 Å². The lowest BCUT2D eigenvalue weighted by Gasteiger charge is -2.35. The molecule has 0 fully saturated rings. The second kappa shape index (κ2) is 9.81. The van der Waals surface area contributed by atoms with Crippen molar-refractivity contribution >= 4 is 0 Å². The van der Waals surface area contributed by atoms with Crippen LogP contribution in [0.2, 0.25) is 0 Å². The molecule has 1 aromatic heterocycles. The van der Waals surface area contributed by atoms with Gasteiger partial charge in [0.05, 0.1) is 7.11 Å². The second-order valence-electron chi connectivity index (χ2n) is 6.15. The molecule has 1 heterocycles. The molecule has 0 amide bonds. The van der Waals surface area contributed by atoms with Gasteiger partial charge in [0.25, 0.3) is 0 Å². The number of methoxy groups -OCH3 is 1. The maximum absolute atomic E-state index is 5.58. The third kappa shape index (κ3) is 5.01. The molecule has 120 valence electrons. The van der Waals surface area contributed by atoms with Crippen LogP contribution in [0.4, 0.5) is 0 Å². The minimum absolute atomic E-state index is 0.252. The Morgan fingerprint density at radius 2 is 1.48 bits per heavy atom. The summed E-state index contributed by atoms with van der Waals surface area (Å²) in [6.45, 7) is 6.85. The molecule has 21 heavy (non-hydrogen) atoms. The van der Waals surface area contributed by atoms with Gasteiger partial charge in [0, 0.05) is 17.2 Å². The normalized spacial score (nSPS) is 11.6. The fraction of sp³-hybridized carbons (Fsp3) is 0.737. The van der Waals surface area contributed by atoms with E-state index in [1.165, 1.54) is 63.4 Å². The Balaban J connectivity index is 3.16. The molecule has 0 aliphatic carbocycles. The van der Waals surface area contributed by atoms with Gasteiger partial charge in [-0.05, 0) is 25.3 Å². The fourth-order valence-corrected chi connectivity index (χ4v) is 3.28. The maximum atomic E-state index is 5.58. The molecule has 2 nitrogen and oxygen atoms in total. The Kier molecular flexibility index (Phi) is 8.41. The van der Waals surface area contributed by atoms with Crippen molar-refractivity contribution < 1.29 is 4.74 Å². The molecule has 0 radical (unpaired) electrons. The number of hydrogen-bond acceptors (Lipinski definition) is 2. The van der Waals surface area contributed by atoms with Crippen LogP contribution in [0.15, 0.2) is 18.3 Å². The van der Waals surface area contributed by atoms with Crippen molar-refractivity contribution in [2.75, 3.05) is 7.11 Å². The first-order valence-corrected chi connectivity index (χ1v) is 8.73. The van der Waals surface area contributed by atoms with E-state index < -0.39 is 0 Å². The van der Waals surface area contributed by atoms with Crippen molar-refractivity contribution in [3.8, 4) is 5.88 Å². The molecule has 0 unspecified atom stereocenters. The van der Waals surface area contributed by atoms with Gasteiger partial charge >= 0.3 is 0 Å². The Hall–Kier alpha value is -1.05. The molecule has 0 aliphatic heterocycles. The third-order valence-corrected chi connectivity index (χ3v) is 4.56. The summed E-state index contributed by atoms with van der Waals surface area (Å²) >= 11 is 0. The van der Waals surface area contributed by atoms with Crippen LogP contribution in [0, 0.1) is 0 Å². The summed E-state index contributed by atoms with van der Waals surface area (Å²) in [5.74, 6) is 0.834. The molecule has 0 saturated heterocycles. The Bertz CT molecular complexity index is 367. The number of rotatable bonds is 11. The van der Waals surface area contributed by atoms with Crippen LogP contribution >= 0.6 is 0 Å². The predicted molar refractivity (Wildman–Crippen MR) is 91.0 cm³/mol. The van der Waals surface area contributed by atoms with Crippen LogP contribution in [0.3, 0.4) is 0 Å². The highest BCUT2D eigenvalue weighted by molar-refractivity contribution is 5.34. The van der Waals surface area contributed by atoms with Crippen molar-refractivity contribution in [3.05, 3.63) is 23.9 Å². The van der Waals surface area contributed by atoms with E-state index in [0.29, 0.717) is 0 Å². The minimum atomic E-state index is 0.252. The average molecular weight is 291 g/mol. The predicted octanol–water partition coefficient (Wildman–Crippen LogP) is 5.90. The summed E-state index contributed by atoms with van der Waals surface area (Å²) < 4.78 is 5.58. The molecule has 1 aromatic rings. The first kappa shape index (κ1) is 18.0. The standard InChI is InChI=1S/C19H33NO/c1-5-8-13-19(14-9-6-2,15-10-7-3)17-12-11-16-20-18(17)21-4/h11-12,16H,5-10,13-15H2,1-4H3. The van der Waals surface area contributed by atoms with Crippen molar-refractivity contribution in [2.24, 2.45) is 0 Å². The molecule has 0 spiro atoms. The summed E-state index contributed by atoms with van der Waals surface area (Å²) in [4.78, 5) is 4.47. The fourth-order valence-electron chi connectivity index (χ4n) is 3.28.